The molecule has 0 saturated heterocycles. The molecule has 0 aliphatic rings. The van der Waals surface area contributed by atoms with Crippen molar-refractivity contribution < 1.29 is 4.74 Å². The third-order valence-corrected chi connectivity index (χ3v) is 2.35. The molecule has 1 aromatic rings. The lowest BCUT2D eigenvalue weighted by Crippen LogP contribution is -1.97. The molecule has 7 heteroatoms. The highest BCUT2D eigenvalue weighted by Gasteiger charge is 2.07. The summed E-state index contributed by atoms with van der Waals surface area (Å²) in [6.07, 6.45) is 0. The summed E-state index contributed by atoms with van der Waals surface area (Å²) in [5, 5.41) is 21.2. The number of rotatable bonds is 3. The lowest BCUT2D eigenvalue weighted by Gasteiger charge is -2.08. The van der Waals surface area contributed by atoms with Gasteiger partial charge in [0.25, 0.3) is 0 Å². The zero-order chi connectivity index (χ0) is 12.8. The summed E-state index contributed by atoms with van der Waals surface area (Å²) in [6, 6.07) is 6.20. The van der Waals surface area contributed by atoms with E-state index in [1.54, 1.807) is 12.1 Å². The summed E-state index contributed by atoms with van der Waals surface area (Å²) in [6.45, 7) is 0. The van der Waals surface area contributed by atoms with E-state index in [2.05, 4.69) is 10.5 Å². The summed E-state index contributed by atoms with van der Waals surface area (Å²) in [7, 11) is 1.46. The van der Waals surface area contributed by atoms with Gasteiger partial charge in [-0.2, -0.15) is 15.6 Å². The van der Waals surface area contributed by atoms with Crippen LogP contribution >= 0.6 is 23.2 Å². The lowest BCUT2D eigenvalue weighted by atomic mass is 10.3. The Bertz CT molecular complexity index is 526. The Labute approximate surface area is 108 Å². The van der Waals surface area contributed by atoms with Crippen LogP contribution < -0.4 is 10.2 Å². The fourth-order valence-electron chi connectivity index (χ4n) is 0.962. The van der Waals surface area contributed by atoms with E-state index in [0.29, 0.717) is 21.5 Å². The minimum Gasteiger partial charge on any atom is -0.495 e. The molecule has 5 nitrogen and oxygen atoms in total. The first kappa shape index (κ1) is 13.1. The summed E-state index contributed by atoms with van der Waals surface area (Å²) in [4.78, 5) is 0. The molecule has 0 radical (unpaired) electrons. The van der Waals surface area contributed by atoms with E-state index in [4.69, 9.17) is 38.5 Å². The van der Waals surface area contributed by atoms with Crippen molar-refractivity contribution in [2.75, 3.05) is 12.5 Å². The predicted molar refractivity (Wildman–Crippen MR) is 65.3 cm³/mol. The van der Waals surface area contributed by atoms with Gasteiger partial charge in [0, 0.05) is 6.07 Å². The van der Waals surface area contributed by atoms with Crippen LogP contribution in [0.25, 0.3) is 0 Å². The Kier molecular flexibility index (Phi) is 4.59. The molecule has 0 heterocycles. The molecule has 1 N–H and O–H groups in total. The van der Waals surface area contributed by atoms with Crippen LogP contribution in [-0.4, -0.2) is 12.8 Å². The van der Waals surface area contributed by atoms with Crippen LogP contribution in [-0.2, 0) is 0 Å². The third kappa shape index (κ3) is 3.25. The van der Waals surface area contributed by atoms with Crippen molar-refractivity contribution in [3.05, 3.63) is 22.2 Å². The number of methoxy groups -OCH3 is 1. The SMILES string of the molecule is COc1cc(NN=C(C#N)C#N)c(Cl)cc1Cl. The number of hydrazone groups is 1. The highest BCUT2D eigenvalue weighted by Crippen LogP contribution is 2.33. The average Bonchev–Trinajstić information content (AvgIpc) is 2.32. The van der Waals surface area contributed by atoms with Crippen molar-refractivity contribution in [3.63, 3.8) is 0 Å². The van der Waals surface area contributed by atoms with Gasteiger partial charge in [-0.15, -0.1) is 0 Å². The number of anilines is 1. The van der Waals surface area contributed by atoms with Crippen molar-refractivity contribution in [3.8, 4) is 17.9 Å². The standard InChI is InChI=1S/C10H6Cl2N4O/c1-17-10-3-9(7(11)2-8(10)12)16-15-6(4-13)5-14/h2-3,16H,1H3. The summed E-state index contributed by atoms with van der Waals surface area (Å²) >= 11 is 11.7. The van der Waals surface area contributed by atoms with Crippen LogP contribution in [0.4, 0.5) is 5.69 Å². The molecular formula is C10H6Cl2N4O. The molecular weight excluding hydrogens is 263 g/mol. The van der Waals surface area contributed by atoms with E-state index in [-0.39, 0.29) is 5.71 Å². The van der Waals surface area contributed by atoms with Crippen molar-refractivity contribution in [2.45, 2.75) is 0 Å². The van der Waals surface area contributed by atoms with Crippen LogP contribution in [0.3, 0.4) is 0 Å². The number of benzene rings is 1. The van der Waals surface area contributed by atoms with Gasteiger partial charge < -0.3 is 4.74 Å². The van der Waals surface area contributed by atoms with Crippen LogP contribution in [0, 0.1) is 22.7 Å². The number of nitrogens with one attached hydrogen (secondary N) is 1. The summed E-state index contributed by atoms with van der Waals surface area (Å²) in [5.41, 5.74) is 2.56. The Morgan fingerprint density at radius 3 is 2.47 bits per heavy atom. The van der Waals surface area contributed by atoms with Crippen molar-refractivity contribution >= 4 is 34.6 Å². The van der Waals surface area contributed by atoms with Gasteiger partial charge >= 0.3 is 0 Å². The topological polar surface area (TPSA) is 81.2 Å². The fraction of sp³-hybridized carbons (Fsp3) is 0.100. The van der Waals surface area contributed by atoms with Gasteiger partial charge in [0.15, 0.2) is 0 Å². The normalized spacial score (nSPS) is 8.76. The quantitative estimate of drug-likeness (QED) is 0.675. The molecule has 17 heavy (non-hydrogen) atoms. The van der Waals surface area contributed by atoms with Gasteiger partial charge in [0.1, 0.15) is 17.9 Å². The van der Waals surface area contributed by atoms with E-state index in [0.717, 1.165) is 0 Å². The average molecular weight is 269 g/mol. The molecule has 0 aliphatic carbocycles. The second-order valence-electron chi connectivity index (χ2n) is 2.76. The number of ether oxygens (including phenoxy) is 1. The minimum absolute atomic E-state index is 0.301. The lowest BCUT2D eigenvalue weighted by molar-refractivity contribution is 0.415. The van der Waals surface area contributed by atoms with Crippen LogP contribution in [0.5, 0.6) is 5.75 Å². The second kappa shape index (κ2) is 5.95. The maximum atomic E-state index is 8.50. The first-order valence-corrected chi connectivity index (χ1v) is 5.05. The van der Waals surface area contributed by atoms with E-state index in [9.17, 15) is 0 Å². The van der Waals surface area contributed by atoms with E-state index < -0.39 is 0 Å². The van der Waals surface area contributed by atoms with Crippen molar-refractivity contribution in [2.24, 2.45) is 5.10 Å². The molecule has 1 aromatic carbocycles. The molecule has 0 aromatic heterocycles. The fourth-order valence-corrected chi connectivity index (χ4v) is 1.46. The highest BCUT2D eigenvalue weighted by atomic mass is 35.5. The number of hydrogen-bond donors (Lipinski definition) is 1. The number of nitrogens with zero attached hydrogens (tertiary/aromatic N) is 3. The van der Waals surface area contributed by atoms with E-state index in [1.165, 1.54) is 19.2 Å². The van der Waals surface area contributed by atoms with Crippen molar-refractivity contribution in [1.29, 1.82) is 10.5 Å². The van der Waals surface area contributed by atoms with Crippen LogP contribution in [0.1, 0.15) is 0 Å². The molecule has 0 amide bonds. The second-order valence-corrected chi connectivity index (χ2v) is 3.58. The molecule has 0 unspecified atom stereocenters. The molecule has 86 valence electrons. The number of halogens is 2. The van der Waals surface area contributed by atoms with Crippen LogP contribution in [0.2, 0.25) is 10.0 Å². The van der Waals surface area contributed by atoms with Gasteiger partial charge in [-0.3, -0.25) is 5.43 Å². The van der Waals surface area contributed by atoms with Gasteiger partial charge in [-0.1, -0.05) is 23.2 Å². The summed E-state index contributed by atoms with van der Waals surface area (Å²) in [5.74, 6) is 0.407. The molecule has 1 rings (SSSR count). The summed E-state index contributed by atoms with van der Waals surface area (Å²) < 4.78 is 4.99. The maximum absolute atomic E-state index is 8.50. The molecule has 0 spiro atoms. The van der Waals surface area contributed by atoms with Crippen LogP contribution in [0.15, 0.2) is 17.2 Å². The van der Waals surface area contributed by atoms with Gasteiger partial charge in [-0.05, 0) is 6.07 Å². The first-order chi connectivity index (χ1) is 8.12. The smallest absolute Gasteiger partial charge is 0.237 e. The Hall–Kier alpha value is -1.95. The Morgan fingerprint density at radius 2 is 1.94 bits per heavy atom. The van der Waals surface area contributed by atoms with E-state index >= 15 is 0 Å². The molecule has 0 fully saturated rings. The first-order valence-electron chi connectivity index (χ1n) is 4.29. The largest absolute Gasteiger partial charge is 0.495 e. The highest BCUT2D eigenvalue weighted by molar-refractivity contribution is 6.37. The molecule has 0 atom stereocenters. The van der Waals surface area contributed by atoms with Gasteiger partial charge in [0.05, 0.1) is 22.8 Å². The van der Waals surface area contributed by atoms with Gasteiger partial charge in [0.2, 0.25) is 5.71 Å². The predicted octanol–water partition coefficient (Wildman–Crippen LogP) is 2.82. The Balaban J connectivity index is 3.05. The molecule has 0 aliphatic heterocycles. The zero-order valence-corrected chi connectivity index (χ0v) is 10.2. The molecule has 0 bridgehead atoms. The molecule has 0 saturated carbocycles. The Morgan fingerprint density at radius 1 is 1.29 bits per heavy atom. The maximum Gasteiger partial charge on any atom is 0.237 e. The zero-order valence-electron chi connectivity index (χ0n) is 8.66. The minimum atomic E-state index is -0.310. The van der Waals surface area contributed by atoms with Gasteiger partial charge in [-0.25, -0.2) is 0 Å². The number of hydrogen-bond acceptors (Lipinski definition) is 5. The monoisotopic (exact) mass is 268 g/mol. The third-order valence-electron chi connectivity index (χ3n) is 1.74. The van der Waals surface area contributed by atoms with Crippen molar-refractivity contribution in [1.82, 2.24) is 0 Å². The number of nitriles is 2. The van der Waals surface area contributed by atoms with E-state index in [1.807, 2.05) is 0 Å².